The van der Waals surface area contributed by atoms with Crippen LogP contribution >= 0.6 is 0 Å². The molecule has 1 aliphatic heterocycles. The van der Waals surface area contributed by atoms with Crippen LogP contribution in [0.2, 0.25) is 0 Å². The van der Waals surface area contributed by atoms with Crippen LogP contribution in [0, 0.1) is 0 Å². The number of hydrogen-bond acceptors (Lipinski definition) is 6. The molecule has 0 spiro atoms. The molecule has 4 heterocycles. The molecule has 34 heavy (non-hydrogen) atoms. The van der Waals surface area contributed by atoms with Gasteiger partial charge >= 0.3 is 5.69 Å². The number of pyridine rings is 2. The van der Waals surface area contributed by atoms with Gasteiger partial charge in [-0.3, -0.25) is 14.1 Å². The van der Waals surface area contributed by atoms with Crippen LogP contribution in [0.3, 0.4) is 0 Å². The van der Waals surface area contributed by atoms with Gasteiger partial charge in [-0.2, -0.15) is 0 Å². The number of benzene rings is 1. The van der Waals surface area contributed by atoms with Crippen molar-refractivity contribution in [2.24, 2.45) is 7.05 Å². The van der Waals surface area contributed by atoms with Crippen molar-refractivity contribution in [1.82, 2.24) is 24.0 Å². The lowest BCUT2D eigenvalue weighted by Gasteiger charge is -2.23. The third-order valence-corrected chi connectivity index (χ3v) is 6.49. The maximum absolute atomic E-state index is 13.2. The number of ether oxygens (including phenoxy) is 2. The minimum Gasteiger partial charge on any atom is -0.478 e. The summed E-state index contributed by atoms with van der Waals surface area (Å²) in [5.41, 5.74) is 4.61. The molecule has 1 unspecified atom stereocenters. The van der Waals surface area contributed by atoms with Gasteiger partial charge in [-0.15, -0.1) is 0 Å². The van der Waals surface area contributed by atoms with Crippen LogP contribution in [0.25, 0.3) is 33.1 Å². The number of aryl methyl sites for hydroxylation is 1. The van der Waals surface area contributed by atoms with Crippen LogP contribution in [-0.2, 0) is 11.8 Å². The molecule has 5 rings (SSSR count). The standard InChI is InChI=1S/C26H31N5O3/c1-29(2)11-5-13-34-24-10-8-19(15-28-24)18-7-9-22-21(14-18)25-23(16-27-22)30(3)26(32)31(25)20-6-4-12-33-17-20/h7-10,14-16,20H,4-6,11-13,17H2,1-3H3. The van der Waals surface area contributed by atoms with Crippen molar-refractivity contribution < 1.29 is 9.47 Å². The van der Waals surface area contributed by atoms with E-state index in [4.69, 9.17) is 9.47 Å². The lowest BCUT2D eigenvalue weighted by atomic mass is 10.0. The Bertz CT molecular complexity index is 1350. The van der Waals surface area contributed by atoms with Crippen molar-refractivity contribution in [2.45, 2.75) is 25.3 Å². The van der Waals surface area contributed by atoms with Crippen molar-refractivity contribution in [1.29, 1.82) is 0 Å². The normalized spacial score (nSPS) is 16.5. The van der Waals surface area contributed by atoms with Gasteiger partial charge in [0.1, 0.15) is 0 Å². The maximum atomic E-state index is 13.2. The molecule has 0 saturated carbocycles. The smallest absolute Gasteiger partial charge is 0.329 e. The summed E-state index contributed by atoms with van der Waals surface area (Å²) in [7, 11) is 5.92. The van der Waals surface area contributed by atoms with E-state index in [0.717, 1.165) is 65.5 Å². The van der Waals surface area contributed by atoms with Crippen molar-refractivity contribution in [3.05, 3.63) is 53.2 Å². The third-order valence-electron chi connectivity index (χ3n) is 6.49. The summed E-state index contributed by atoms with van der Waals surface area (Å²) in [6.07, 6.45) is 6.47. The van der Waals surface area contributed by atoms with E-state index in [0.29, 0.717) is 19.1 Å². The zero-order valence-electron chi connectivity index (χ0n) is 20.0. The number of fused-ring (bicyclic) bond motifs is 3. The van der Waals surface area contributed by atoms with Gasteiger partial charge in [-0.05, 0) is 57.1 Å². The number of rotatable bonds is 7. The van der Waals surface area contributed by atoms with Crippen molar-refractivity contribution in [3.8, 4) is 17.0 Å². The first kappa shape index (κ1) is 22.6. The van der Waals surface area contributed by atoms with Gasteiger partial charge in [0.2, 0.25) is 5.88 Å². The second-order valence-electron chi connectivity index (χ2n) is 9.20. The Morgan fingerprint density at radius 3 is 2.74 bits per heavy atom. The SMILES string of the molecule is CN(C)CCCOc1ccc(-c2ccc3ncc4c(c3c2)n(C2CCCOC2)c(=O)n4C)cn1. The quantitative estimate of drug-likeness (QED) is 0.391. The van der Waals surface area contributed by atoms with E-state index < -0.39 is 0 Å². The predicted molar refractivity (Wildman–Crippen MR) is 133 cm³/mol. The molecule has 1 fully saturated rings. The highest BCUT2D eigenvalue weighted by Gasteiger charge is 2.23. The molecule has 178 valence electrons. The van der Waals surface area contributed by atoms with Crippen LogP contribution < -0.4 is 10.4 Å². The van der Waals surface area contributed by atoms with Gasteiger partial charge in [0.25, 0.3) is 0 Å². The Balaban J connectivity index is 1.51. The highest BCUT2D eigenvalue weighted by Crippen LogP contribution is 2.31. The molecule has 1 atom stereocenters. The molecule has 8 heteroatoms. The fraction of sp³-hybridized carbons (Fsp3) is 0.423. The van der Waals surface area contributed by atoms with Crippen molar-refractivity contribution in [2.75, 3.05) is 40.5 Å². The Morgan fingerprint density at radius 1 is 1.15 bits per heavy atom. The van der Waals surface area contributed by atoms with E-state index >= 15 is 0 Å². The fourth-order valence-corrected chi connectivity index (χ4v) is 4.67. The zero-order chi connectivity index (χ0) is 23.7. The molecule has 0 amide bonds. The Labute approximate surface area is 198 Å². The number of aromatic nitrogens is 4. The Morgan fingerprint density at radius 2 is 2.00 bits per heavy atom. The molecule has 8 nitrogen and oxygen atoms in total. The average molecular weight is 462 g/mol. The van der Waals surface area contributed by atoms with Gasteiger partial charge in [0, 0.05) is 43.4 Å². The van der Waals surface area contributed by atoms with Crippen LogP contribution in [0.4, 0.5) is 0 Å². The summed E-state index contributed by atoms with van der Waals surface area (Å²) in [5.74, 6) is 0.626. The van der Waals surface area contributed by atoms with Gasteiger partial charge < -0.3 is 14.4 Å². The third kappa shape index (κ3) is 4.31. The second kappa shape index (κ2) is 9.56. The average Bonchev–Trinajstić information content (AvgIpc) is 3.12. The van der Waals surface area contributed by atoms with Gasteiger partial charge in [-0.1, -0.05) is 6.07 Å². The van der Waals surface area contributed by atoms with Crippen LogP contribution in [0.15, 0.2) is 47.5 Å². The summed E-state index contributed by atoms with van der Waals surface area (Å²) in [6.45, 7) is 2.93. The van der Waals surface area contributed by atoms with Crippen LogP contribution in [0.1, 0.15) is 25.3 Å². The molecule has 1 saturated heterocycles. The van der Waals surface area contributed by atoms with Crippen molar-refractivity contribution >= 4 is 21.9 Å². The molecule has 0 aliphatic carbocycles. The molecule has 1 aliphatic rings. The minimum absolute atomic E-state index is 0.0253. The van der Waals surface area contributed by atoms with E-state index in [1.165, 1.54) is 0 Å². The van der Waals surface area contributed by atoms with E-state index in [1.807, 2.05) is 42.1 Å². The maximum Gasteiger partial charge on any atom is 0.329 e. The fourth-order valence-electron chi connectivity index (χ4n) is 4.67. The van der Waals surface area contributed by atoms with Gasteiger partial charge in [0.05, 0.1) is 42.0 Å². The molecule has 3 aromatic heterocycles. The lowest BCUT2D eigenvalue weighted by Crippen LogP contribution is -2.31. The van der Waals surface area contributed by atoms with E-state index in [2.05, 4.69) is 35.0 Å². The first-order valence-corrected chi connectivity index (χ1v) is 11.8. The molecule has 0 N–H and O–H groups in total. The number of imidazole rings is 1. The van der Waals surface area contributed by atoms with Crippen LogP contribution in [0.5, 0.6) is 5.88 Å². The largest absolute Gasteiger partial charge is 0.478 e. The Hall–Kier alpha value is -3.23. The summed E-state index contributed by atoms with van der Waals surface area (Å²) < 4.78 is 15.1. The first-order valence-electron chi connectivity index (χ1n) is 11.8. The van der Waals surface area contributed by atoms with Gasteiger partial charge in [-0.25, -0.2) is 9.78 Å². The molecule has 1 aromatic carbocycles. The van der Waals surface area contributed by atoms with E-state index in [9.17, 15) is 4.79 Å². The minimum atomic E-state index is -0.0253. The molecular formula is C26H31N5O3. The molecule has 0 radical (unpaired) electrons. The molecule has 4 aromatic rings. The summed E-state index contributed by atoms with van der Waals surface area (Å²) >= 11 is 0. The van der Waals surface area contributed by atoms with Crippen molar-refractivity contribution in [3.63, 3.8) is 0 Å². The lowest BCUT2D eigenvalue weighted by molar-refractivity contribution is 0.0593. The van der Waals surface area contributed by atoms with Crippen LogP contribution in [-0.4, -0.2) is 64.5 Å². The highest BCUT2D eigenvalue weighted by molar-refractivity contribution is 6.04. The topological polar surface area (TPSA) is 74.4 Å². The van der Waals surface area contributed by atoms with E-state index in [1.54, 1.807) is 10.8 Å². The monoisotopic (exact) mass is 461 g/mol. The summed E-state index contributed by atoms with van der Waals surface area (Å²) in [4.78, 5) is 24.4. The number of hydrogen-bond donors (Lipinski definition) is 0. The Kier molecular flexibility index (Phi) is 6.34. The summed E-state index contributed by atoms with van der Waals surface area (Å²) in [6, 6.07) is 10.1. The van der Waals surface area contributed by atoms with E-state index in [-0.39, 0.29) is 11.7 Å². The zero-order valence-corrected chi connectivity index (χ0v) is 20.0. The number of nitrogens with zero attached hydrogens (tertiary/aromatic N) is 5. The molecule has 0 bridgehead atoms. The van der Waals surface area contributed by atoms with Gasteiger partial charge in [0.15, 0.2) is 0 Å². The summed E-state index contributed by atoms with van der Waals surface area (Å²) in [5, 5.41) is 0.960. The first-order chi connectivity index (χ1) is 16.5. The molecular weight excluding hydrogens is 430 g/mol. The predicted octanol–water partition coefficient (Wildman–Crippen LogP) is 3.63. The highest BCUT2D eigenvalue weighted by atomic mass is 16.5. The second-order valence-corrected chi connectivity index (χ2v) is 9.20.